The summed E-state index contributed by atoms with van der Waals surface area (Å²) in [5.41, 5.74) is 0. The van der Waals surface area contributed by atoms with Crippen molar-refractivity contribution in [2.45, 2.75) is 65.2 Å². The van der Waals surface area contributed by atoms with Crippen LogP contribution in [0.2, 0.25) is 0 Å². The summed E-state index contributed by atoms with van der Waals surface area (Å²) >= 11 is 0. The van der Waals surface area contributed by atoms with Crippen molar-refractivity contribution in [3.8, 4) is 0 Å². The number of hydrogen-bond acceptors (Lipinski definition) is 3. The molecule has 102 valence electrons. The van der Waals surface area contributed by atoms with Crippen molar-refractivity contribution < 1.29 is 14.3 Å². The Balaban J connectivity index is 3.08. The molecule has 3 heteroatoms. The minimum Gasteiger partial charge on any atom is -0.466 e. The molecule has 0 saturated heterocycles. The van der Waals surface area contributed by atoms with Crippen LogP contribution in [0.5, 0.6) is 0 Å². The van der Waals surface area contributed by atoms with Crippen molar-refractivity contribution in [1.82, 2.24) is 0 Å². The number of rotatable bonds is 12. The highest BCUT2D eigenvalue weighted by molar-refractivity contribution is 5.69. The third kappa shape index (κ3) is 13.4. The molecule has 0 bridgehead atoms. The van der Waals surface area contributed by atoms with E-state index in [1.54, 1.807) is 0 Å². The summed E-state index contributed by atoms with van der Waals surface area (Å²) < 4.78 is 10.4. The Morgan fingerprint density at radius 2 is 1.53 bits per heavy atom. The first kappa shape index (κ1) is 16.4. The summed E-state index contributed by atoms with van der Waals surface area (Å²) in [7, 11) is 0. The number of esters is 1. The molecule has 0 radical (unpaired) electrons. The van der Waals surface area contributed by atoms with Crippen molar-refractivity contribution in [2.75, 3.05) is 19.8 Å². The fraction of sp³-hybridized carbons (Fsp3) is 0.929. The van der Waals surface area contributed by atoms with Crippen LogP contribution in [0.4, 0.5) is 0 Å². The maximum atomic E-state index is 11.2. The fourth-order valence-corrected chi connectivity index (χ4v) is 1.47. The Kier molecular flexibility index (Phi) is 13.0. The SMILES string of the molecule is CCCCCCCOCCC(=O)OCCCC. The zero-order valence-corrected chi connectivity index (χ0v) is 11.5. The van der Waals surface area contributed by atoms with Gasteiger partial charge in [0.25, 0.3) is 0 Å². The minimum absolute atomic E-state index is 0.135. The zero-order valence-electron chi connectivity index (χ0n) is 11.5. The molecule has 0 atom stereocenters. The molecule has 0 saturated carbocycles. The molecular formula is C14H28O3. The number of carbonyl (C=O) groups excluding carboxylic acids is 1. The molecule has 0 aliphatic carbocycles. The van der Waals surface area contributed by atoms with Crippen LogP contribution in [0.25, 0.3) is 0 Å². The van der Waals surface area contributed by atoms with Gasteiger partial charge in [-0.2, -0.15) is 0 Å². The van der Waals surface area contributed by atoms with Gasteiger partial charge in [-0.25, -0.2) is 0 Å². The maximum absolute atomic E-state index is 11.2. The van der Waals surface area contributed by atoms with Crippen LogP contribution in [0, 0.1) is 0 Å². The van der Waals surface area contributed by atoms with Crippen molar-refractivity contribution in [3.63, 3.8) is 0 Å². The van der Waals surface area contributed by atoms with E-state index in [4.69, 9.17) is 9.47 Å². The first-order chi connectivity index (χ1) is 8.31. The third-order valence-corrected chi connectivity index (χ3v) is 2.60. The Morgan fingerprint density at radius 3 is 2.24 bits per heavy atom. The number of carbonyl (C=O) groups is 1. The molecule has 0 aromatic rings. The van der Waals surface area contributed by atoms with Gasteiger partial charge in [0.2, 0.25) is 0 Å². The van der Waals surface area contributed by atoms with Gasteiger partial charge in [-0.3, -0.25) is 4.79 Å². The van der Waals surface area contributed by atoms with Gasteiger partial charge in [-0.05, 0) is 12.8 Å². The van der Waals surface area contributed by atoms with Crippen LogP contribution < -0.4 is 0 Å². The Morgan fingerprint density at radius 1 is 0.824 bits per heavy atom. The molecule has 0 heterocycles. The summed E-state index contributed by atoms with van der Waals surface area (Å²) in [6, 6.07) is 0. The standard InChI is InChI=1S/C14H28O3/c1-3-5-7-8-9-11-16-13-10-14(15)17-12-6-4-2/h3-13H2,1-2H3. The first-order valence-corrected chi connectivity index (χ1v) is 7.04. The van der Waals surface area contributed by atoms with Crippen molar-refractivity contribution in [1.29, 1.82) is 0 Å². The Hall–Kier alpha value is -0.570. The molecule has 17 heavy (non-hydrogen) atoms. The Labute approximate surface area is 106 Å². The molecule has 0 spiro atoms. The van der Waals surface area contributed by atoms with Gasteiger partial charge in [-0.15, -0.1) is 0 Å². The van der Waals surface area contributed by atoms with Gasteiger partial charge >= 0.3 is 5.97 Å². The molecule has 0 aliphatic heterocycles. The topological polar surface area (TPSA) is 35.5 Å². The van der Waals surface area contributed by atoms with E-state index in [0.717, 1.165) is 25.9 Å². The second-order valence-corrected chi connectivity index (χ2v) is 4.35. The van der Waals surface area contributed by atoms with Gasteiger partial charge in [0, 0.05) is 6.61 Å². The monoisotopic (exact) mass is 244 g/mol. The molecule has 0 aromatic carbocycles. The quantitative estimate of drug-likeness (QED) is 0.388. The highest BCUT2D eigenvalue weighted by Crippen LogP contribution is 2.02. The Bertz CT molecular complexity index is 169. The van der Waals surface area contributed by atoms with E-state index in [9.17, 15) is 4.79 Å². The highest BCUT2D eigenvalue weighted by atomic mass is 16.5. The third-order valence-electron chi connectivity index (χ3n) is 2.60. The smallest absolute Gasteiger partial charge is 0.308 e. The van der Waals surface area contributed by atoms with E-state index in [-0.39, 0.29) is 5.97 Å². The van der Waals surface area contributed by atoms with E-state index >= 15 is 0 Å². The zero-order chi connectivity index (χ0) is 12.8. The molecule has 0 amide bonds. The maximum Gasteiger partial charge on any atom is 0.308 e. The second-order valence-electron chi connectivity index (χ2n) is 4.35. The second kappa shape index (κ2) is 13.5. The molecule has 0 unspecified atom stereocenters. The molecule has 0 N–H and O–H groups in total. The average molecular weight is 244 g/mol. The largest absolute Gasteiger partial charge is 0.466 e. The van der Waals surface area contributed by atoms with Crippen LogP contribution in [-0.2, 0) is 14.3 Å². The van der Waals surface area contributed by atoms with Crippen LogP contribution >= 0.6 is 0 Å². The number of unbranched alkanes of at least 4 members (excludes halogenated alkanes) is 5. The van der Waals surface area contributed by atoms with Crippen LogP contribution in [0.1, 0.15) is 65.2 Å². The van der Waals surface area contributed by atoms with Crippen molar-refractivity contribution >= 4 is 5.97 Å². The lowest BCUT2D eigenvalue weighted by atomic mass is 10.2. The highest BCUT2D eigenvalue weighted by Gasteiger charge is 2.01. The van der Waals surface area contributed by atoms with E-state index in [1.165, 1.54) is 25.7 Å². The van der Waals surface area contributed by atoms with E-state index in [2.05, 4.69) is 13.8 Å². The number of ether oxygens (including phenoxy) is 2. The molecule has 0 aromatic heterocycles. The summed E-state index contributed by atoms with van der Waals surface area (Å²) in [6.45, 7) is 6.10. The van der Waals surface area contributed by atoms with Crippen LogP contribution in [-0.4, -0.2) is 25.8 Å². The average Bonchev–Trinajstić information content (AvgIpc) is 2.33. The normalized spacial score (nSPS) is 10.5. The van der Waals surface area contributed by atoms with E-state index < -0.39 is 0 Å². The van der Waals surface area contributed by atoms with Crippen molar-refractivity contribution in [3.05, 3.63) is 0 Å². The van der Waals surface area contributed by atoms with Gasteiger partial charge in [0.15, 0.2) is 0 Å². The van der Waals surface area contributed by atoms with Gasteiger partial charge in [0.1, 0.15) is 0 Å². The number of hydrogen-bond donors (Lipinski definition) is 0. The van der Waals surface area contributed by atoms with Gasteiger partial charge < -0.3 is 9.47 Å². The summed E-state index contributed by atoms with van der Waals surface area (Å²) in [5, 5.41) is 0. The molecule has 0 fully saturated rings. The lowest BCUT2D eigenvalue weighted by Gasteiger charge is -2.05. The van der Waals surface area contributed by atoms with E-state index in [0.29, 0.717) is 19.6 Å². The van der Waals surface area contributed by atoms with E-state index in [1.807, 2.05) is 0 Å². The van der Waals surface area contributed by atoms with Crippen LogP contribution in [0.3, 0.4) is 0 Å². The van der Waals surface area contributed by atoms with Gasteiger partial charge in [0.05, 0.1) is 19.6 Å². The predicted octanol–water partition coefficient (Wildman–Crippen LogP) is 3.71. The lowest BCUT2D eigenvalue weighted by molar-refractivity contribution is -0.144. The summed E-state index contributed by atoms with van der Waals surface area (Å²) in [6.07, 6.45) is 8.59. The molecule has 0 rings (SSSR count). The van der Waals surface area contributed by atoms with Crippen LogP contribution in [0.15, 0.2) is 0 Å². The fourth-order valence-electron chi connectivity index (χ4n) is 1.47. The molecule has 0 aliphatic rings. The summed E-state index contributed by atoms with van der Waals surface area (Å²) in [5.74, 6) is -0.135. The predicted molar refractivity (Wildman–Crippen MR) is 70.1 cm³/mol. The summed E-state index contributed by atoms with van der Waals surface area (Å²) in [4.78, 5) is 11.2. The minimum atomic E-state index is -0.135. The molecule has 3 nitrogen and oxygen atoms in total. The lowest BCUT2D eigenvalue weighted by Crippen LogP contribution is -2.09. The first-order valence-electron chi connectivity index (χ1n) is 7.04. The van der Waals surface area contributed by atoms with Crippen molar-refractivity contribution in [2.24, 2.45) is 0 Å². The van der Waals surface area contributed by atoms with Gasteiger partial charge in [-0.1, -0.05) is 46.0 Å². The molecular weight excluding hydrogens is 216 g/mol.